The fourth-order valence-corrected chi connectivity index (χ4v) is 2.65. The van der Waals surface area contributed by atoms with Gasteiger partial charge in [0.2, 0.25) is 0 Å². The van der Waals surface area contributed by atoms with Gasteiger partial charge in [-0.3, -0.25) is 0 Å². The van der Waals surface area contributed by atoms with E-state index in [4.69, 9.17) is 13.2 Å². The number of allylic oxidation sites excluding steroid dienone is 1. The second-order valence-corrected chi connectivity index (χ2v) is 5.32. The third-order valence-electron chi connectivity index (χ3n) is 4.06. The van der Waals surface area contributed by atoms with Crippen LogP contribution in [0.2, 0.25) is 0 Å². The van der Waals surface area contributed by atoms with E-state index in [-0.39, 0.29) is 0 Å². The number of rotatable bonds is 1. The summed E-state index contributed by atoms with van der Waals surface area (Å²) in [5.74, 6) is 1.42. The van der Waals surface area contributed by atoms with Crippen molar-refractivity contribution in [3.63, 3.8) is 0 Å². The fraction of sp³-hybridized carbons (Fsp3) is 0.467. The lowest BCUT2D eigenvalue weighted by atomic mass is 9.91. The van der Waals surface area contributed by atoms with E-state index in [9.17, 15) is 0 Å². The second-order valence-electron chi connectivity index (χ2n) is 5.19. The normalized spacial score (nSPS) is 32.0. The number of ether oxygens (including phenoxy) is 1. The topological polar surface area (TPSA) is 46.7 Å². The summed E-state index contributed by atoms with van der Waals surface area (Å²) in [5, 5.41) is 0. The van der Waals surface area contributed by atoms with Gasteiger partial charge in [-0.15, -0.1) is 0 Å². The molecule has 0 radical (unpaired) electrons. The Kier molecular flexibility index (Phi) is 4.66. The maximum Gasteiger partial charge on any atom is 0.335 e. The van der Waals surface area contributed by atoms with E-state index in [0.717, 1.165) is 5.92 Å². The van der Waals surface area contributed by atoms with Crippen LogP contribution in [0.25, 0.3) is 5.57 Å². The first-order valence-corrected chi connectivity index (χ1v) is 7.18. The third-order valence-corrected chi connectivity index (χ3v) is 4.06. The van der Waals surface area contributed by atoms with Crippen molar-refractivity contribution in [2.24, 2.45) is 11.8 Å². The molecule has 0 amide bonds. The highest BCUT2D eigenvalue weighted by Crippen LogP contribution is 2.45. The van der Waals surface area contributed by atoms with Gasteiger partial charge in [-0.2, -0.15) is 8.42 Å². The van der Waals surface area contributed by atoms with Gasteiger partial charge in [0.05, 0.1) is 6.10 Å². The zero-order chi connectivity index (χ0) is 13.8. The SMILES string of the molecule is C[C@@H]1[C@@H]2O[C@@H]2C(c2ccccc2)=CC[C@H]1C.O=S=O. The van der Waals surface area contributed by atoms with Crippen LogP contribution in [0, 0.1) is 11.8 Å². The average Bonchev–Trinajstić information content (AvgIpc) is 3.20. The Bertz CT molecular complexity index is 491. The van der Waals surface area contributed by atoms with Crippen molar-refractivity contribution in [1.82, 2.24) is 0 Å². The molecule has 3 nitrogen and oxygen atoms in total. The maximum absolute atomic E-state index is 8.29. The van der Waals surface area contributed by atoms with Crippen LogP contribution in [0.3, 0.4) is 0 Å². The zero-order valence-corrected chi connectivity index (χ0v) is 11.9. The van der Waals surface area contributed by atoms with Gasteiger partial charge in [0.25, 0.3) is 0 Å². The predicted molar refractivity (Wildman–Crippen MR) is 74.9 cm³/mol. The van der Waals surface area contributed by atoms with Crippen molar-refractivity contribution in [2.45, 2.75) is 32.5 Å². The first-order valence-electron chi connectivity index (χ1n) is 6.51. The molecule has 19 heavy (non-hydrogen) atoms. The molecule has 1 aliphatic heterocycles. The summed E-state index contributed by atoms with van der Waals surface area (Å²) < 4.78 is 22.4. The van der Waals surface area contributed by atoms with E-state index < -0.39 is 11.6 Å². The quantitative estimate of drug-likeness (QED) is 0.742. The molecule has 4 atom stereocenters. The Labute approximate surface area is 117 Å². The highest BCUT2D eigenvalue weighted by molar-refractivity contribution is 7.51. The third kappa shape index (κ3) is 3.19. The van der Waals surface area contributed by atoms with Crippen molar-refractivity contribution >= 4 is 17.1 Å². The summed E-state index contributed by atoms with van der Waals surface area (Å²) in [6, 6.07) is 10.6. The van der Waals surface area contributed by atoms with E-state index >= 15 is 0 Å². The summed E-state index contributed by atoms with van der Waals surface area (Å²) in [7, 11) is 0. The van der Waals surface area contributed by atoms with Crippen molar-refractivity contribution in [2.75, 3.05) is 0 Å². The van der Waals surface area contributed by atoms with Crippen LogP contribution in [0.5, 0.6) is 0 Å². The van der Waals surface area contributed by atoms with Gasteiger partial charge in [-0.25, -0.2) is 0 Å². The lowest BCUT2D eigenvalue weighted by Crippen LogP contribution is -2.13. The lowest BCUT2D eigenvalue weighted by Gasteiger charge is -2.14. The van der Waals surface area contributed by atoms with Gasteiger partial charge in [-0.1, -0.05) is 50.3 Å². The molecule has 3 rings (SSSR count). The minimum atomic E-state index is -0.750. The number of fused-ring (bicyclic) bond motifs is 1. The monoisotopic (exact) mass is 278 g/mol. The molecule has 2 aliphatic rings. The molecule has 4 heteroatoms. The van der Waals surface area contributed by atoms with E-state index in [1.165, 1.54) is 17.6 Å². The van der Waals surface area contributed by atoms with E-state index in [1.807, 2.05) is 0 Å². The van der Waals surface area contributed by atoms with Crippen LogP contribution >= 0.6 is 0 Å². The molecule has 0 saturated carbocycles. The number of benzene rings is 1. The van der Waals surface area contributed by atoms with Crippen LogP contribution in [0.4, 0.5) is 0 Å². The second kappa shape index (κ2) is 6.26. The number of hydrogen-bond acceptors (Lipinski definition) is 3. The molecule has 1 heterocycles. The molecule has 1 aromatic rings. The highest BCUT2D eigenvalue weighted by atomic mass is 32.1. The van der Waals surface area contributed by atoms with Gasteiger partial charge in [0, 0.05) is 0 Å². The molecule has 102 valence electrons. The van der Waals surface area contributed by atoms with E-state index in [1.54, 1.807) is 0 Å². The molecule has 1 aliphatic carbocycles. The Morgan fingerprint density at radius 2 is 1.79 bits per heavy atom. The van der Waals surface area contributed by atoms with Gasteiger partial charge >= 0.3 is 11.6 Å². The first kappa shape index (κ1) is 14.2. The van der Waals surface area contributed by atoms with Crippen molar-refractivity contribution < 1.29 is 13.2 Å². The summed E-state index contributed by atoms with van der Waals surface area (Å²) in [6.45, 7) is 4.64. The van der Waals surface area contributed by atoms with Gasteiger partial charge in [-0.05, 0) is 29.4 Å². The first-order chi connectivity index (χ1) is 9.19. The van der Waals surface area contributed by atoms with Crippen molar-refractivity contribution in [3.8, 4) is 0 Å². The van der Waals surface area contributed by atoms with Gasteiger partial charge in [0.1, 0.15) is 6.10 Å². The van der Waals surface area contributed by atoms with Crippen LogP contribution in [0.15, 0.2) is 36.4 Å². The molecule has 1 aromatic carbocycles. The Morgan fingerprint density at radius 3 is 2.42 bits per heavy atom. The molecule has 0 bridgehead atoms. The predicted octanol–water partition coefficient (Wildman–Crippen LogP) is 2.84. The van der Waals surface area contributed by atoms with Gasteiger partial charge in [0.15, 0.2) is 0 Å². The van der Waals surface area contributed by atoms with Crippen LogP contribution < -0.4 is 0 Å². The largest absolute Gasteiger partial charge is 0.364 e. The molecule has 0 N–H and O–H groups in total. The van der Waals surface area contributed by atoms with Gasteiger partial charge < -0.3 is 4.74 Å². The van der Waals surface area contributed by atoms with Crippen molar-refractivity contribution in [3.05, 3.63) is 42.0 Å². The Balaban J connectivity index is 0.000000408. The minimum absolute atomic E-state index is 0.363. The molecular weight excluding hydrogens is 260 g/mol. The minimum Gasteiger partial charge on any atom is -0.364 e. The summed E-state index contributed by atoms with van der Waals surface area (Å²) >= 11 is -0.750. The summed E-state index contributed by atoms with van der Waals surface area (Å²) in [6.07, 6.45) is 4.39. The molecular formula is C15H18O3S. The Morgan fingerprint density at radius 1 is 1.16 bits per heavy atom. The molecule has 0 aromatic heterocycles. The van der Waals surface area contributed by atoms with E-state index in [0.29, 0.717) is 18.1 Å². The average molecular weight is 278 g/mol. The number of epoxide rings is 1. The summed E-state index contributed by atoms with van der Waals surface area (Å²) in [5.41, 5.74) is 2.73. The smallest absolute Gasteiger partial charge is 0.335 e. The number of hydrogen-bond donors (Lipinski definition) is 0. The summed E-state index contributed by atoms with van der Waals surface area (Å²) in [4.78, 5) is 0. The molecule has 1 fully saturated rings. The van der Waals surface area contributed by atoms with Crippen LogP contribution in [0.1, 0.15) is 25.8 Å². The lowest BCUT2D eigenvalue weighted by molar-refractivity contribution is 0.274. The standard InChI is InChI=1S/C15H18O.O2S/c1-10-8-9-13(12-6-4-3-5-7-12)15-14(16-15)11(10)2;1-3-2/h3-7,9-11,14-15H,8H2,1-2H3;/t10-,11+,14+,15-;/m1./s1. The highest BCUT2D eigenvalue weighted by Gasteiger charge is 2.48. The Hall–Kier alpha value is -1.26. The van der Waals surface area contributed by atoms with Crippen LogP contribution in [-0.2, 0) is 16.3 Å². The van der Waals surface area contributed by atoms with E-state index in [2.05, 4.69) is 50.3 Å². The zero-order valence-electron chi connectivity index (χ0n) is 11.1. The maximum atomic E-state index is 8.29. The molecule has 0 unspecified atom stereocenters. The van der Waals surface area contributed by atoms with Crippen molar-refractivity contribution in [1.29, 1.82) is 0 Å². The molecule has 0 spiro atoms. The fourth-order valence-electron chi connectivity index (χ4n) is 2.65. The van der Waals surface area contributed by atoms with Crippen LogP contribution in [-0.4, -0.2) is 20.6 Å². The molecule has 1 saturated heterocycles.